The van der Waals surface area contributed by atoms with Gasteiger partial charge in [-0.2, -0.15) is 0 Å². The Morgan fingerprint density at radius 1 is 1.09 bits per heavy atom. The van der Waals surface area contributed by atoms with Gasteiger partial charge in [0.1, 0.15) is 18.1 Å². The van der Waals surface area contributed by atoms with Crippen molar-refractivity contribution in [3.05, 3.63) is 34.9 Å². The summed E-state index contributed by atoms with van der Waals surface area (Å²) >= 11 is 0. The van der Waals surface area contributed by atoms with Gasteiger partial charge < -0.3 is 14.3 Å². The summed E-state index contributed by atoms with van der Waals surface area (Å²) in [7, 11) is 2.89. The van der Waals surface area contributed by atoms with Gasteiger partial charge in [-0.3, -0.25) is 9.59 Å². The summed E-state index contributed by atoms with van der Waals surface area (Å²) in [5, 5.41) is 4.03. The predicted molar refractivity (Wildman–Crippen MR) is 85.8 cm³/mol. The van der Waals surface area contributed by atoms with Crippen molar-refractivity contribution in [2.75, 3.05) is 20.8 Å². The largest absolute Gasteiger partial charge is 0.496 e. The van der Waals surface area contributed by atoms with Gasteiger partial charge in [0, 0.05) is 5.56 Å². The predicted octanol–water partition coefficient (Wildman–Crippen LogP) is 2.79. The standard InChI is InChI=1S/C17H19NO5/c1-5-8-23-18-10(2)11-9-14(21-3)15-12(19)6-7-13(20)16(15)17(11)22-4/h6-7,9H,5,8H2,1-4H3. The van der Waals surface area contributed by atoms with E-state index in [2.05, 4.69) is 5.16 Å². The number of allylic oxidation sites excluding steroid dienone is 2. The molecule has 0 atom stereocenters. The van der Waals surface area contributed by atoms with Crippen LogP contribution >= 0.6 is 0 Å². The van der Waals surface area contributed by atoms with E-state index in [1.54, 1.807) is 13.0 Å². The molecule has 1 aromatic rings. The minimum atomic E-state index is -0.307. The average molecular weight is 317 g/mol. The second kappa shape index (κ2) is 7.09. The maximum atomic E-state index is 12.3. The van der Waals surface area contributed by atoms with Crippen molar-refractivity contribution >= 4 is 17.3 Å². The van der Waals surface area contributed by atoms with Crippen LogP contribution in [0.25, 0.3) is 0 Å². The molecule has 0 amide bonds. The summed E-state index contributed by atoms with van der Waals surface area (Å²) in [6.07, 6.45) is 3.30. The lowest BCUT2D eigenvalue weighted by Crippen LogP contribution is -2.17. The lowest BCUT2D eigenvalue weighted by atomic mass is 9.89. The summed E-state index contributed by atoms with van der Waals surface area (Å²) in [5.41, 5.74) is 1.49. The Labute approximate surface area is 134 Å². The third-order valence-corrected chi connectivity index (χ3v) is 3.43. The number of hydrogen-bond acceptors (Lipinski definition) is 6. The highest BCUT2D eigenvalue weighted by Crippen LogP contribution is 2.37. The van der Waals surface area contributed by atoms with Gasteiger partial charge in [0.05, 0.1) is 31.1 Å². The summed E-state index contributed by atoms with van der Waals surface area (Å²) in [6.45, 7) is 4.20. The van der Waals surface area contributed by atoms with E-state index in [0.29, 0.717) is 29.4 Å². The zero-order valence-electron chi connectivity index (χ0n) is 13.6. The average Bonchev–Trinajstić information content (AvgIpc) is 2.56. The molecule has 0 aliphatic heterocycles. The first kappa shape index (κ1) is 16.7. The Morgan fingerprint density at radius 3 is 2.30 bits per heavy atom. The van der Waals surface area contributed by atoms with Crippen LogP contribution in [0.1, 0.15) is 46.5 Å². The summed E-state index contributed by atoms with van der Waals surface area (Å²) in [6, 6.07) is 1.64. The molecule has 0 N–H and O–H groups in total. The lowest BCUT2D eigenvalue weighted by molar-refractivity contribution is 0.0989. The molecule has 0 saturated carbocycles. The molecule has 1 aliphatic carbocycles. The van der Waals surface area contributed by atoms with Crippen LogP contribution in [0.15, 0.2) is 23.4 Å². The first-order valence-electron chi connectivity index (χ1n) is 7.27. The fourth-order valence-electron chi connectivity index (χ4n) is 2.36. The SMILES string of the molecule is CCCON=C(C)c1cc(OC)c2c(c1OC)C(=O)C=CC2=O. The van der Waals surface area contributed by atoms with E-state index in [-0.39, 0.29) is 22.7 Å². The van der Waals surface area contributed by atoms with Crippen LogP contribution in [0.2, 0.25) is 0 Å². The second-order valence-corrected chi connectivity index (χ2v) is 4.98. The third-order valence-electron chi connectivity index (χ3n) is 3.43. The van der Waals surface area contributed by atoms with Crippen LogP contribution in [-0.4, -0.2) is 38.1 Å². The van der Waals surface area contributed by atoms with Gasteiger partial charge in [-0.05, 0) is 31.6 Å². The van der Waals surface area contributed by atoms with Crippen molar-refractivity contribution in [3.8, 4) is 11.5 Å². The highest BCUT2D eigenvalue weighted by molar-refractivity contribution is 6.25. The summed E-state index contributed by atoms with van der Waals surface area (Å²) < 4.78 is 10.7. The van der Waals surface area contributed by atoms with E-state index in [1.165, 1.54) is 26.4 Å². The molecule has 122 valence electrons. The number of benzene rings is 1. The number of ether oxygens (including phenoxy) is 2. The fraction of sp³-hybridized carbons (Fsp3) is 0.353. The number of nitrogens with zero attached hydrogens (tertiary/aromatic N) is 1. The van der Waals surface area contributed by atoms with Crippen LogP contribution in [0.5, 0.6) is 11.5 Å². The van der Waals surface area contributed by atoms with Crippen LogP contribution in [0, 0.1) is 0 Å². The van der Waals surface area contributed by atoms with E-state index in [1.807, 2.05) is 6.92 Å². The van der Waals surface area contributed by atoms with Gasteiger partial charge in [-0.1, -0.05) is 12.1 Å². The minimum absolute atomic E-state index is 0.194. The van der Waals surface area contributed by atoms with Crippen molar-refractivity contribution in [3.63, 3.8) is 0 Å². The molecule has 0 aromatic heterocycles. The Bertz CT molecular complexity index is 703. The van der Waals surface area contributed by atoms with Gasteiger partial charge in [0.2, 0.25) is 0 Å². The Morgan fingerprint density at radius 2 is 1.74 bits per heavy atom. The van der Waals surface area contributed by atoms with Gasteiger partial charge >= 0.3 is 0 Å². The number of fused-ring (bicyclic) bond motifs is 1. The monoisotopic (exact) mass is 317 g/mol. The van der Waals surface area contributed by atoms with E-state index in [0.717, 1.165) is 6.42 Å². The number of carbonyl (C=O) groups excluding carboxylic acids is 2. The molecular weight excluding hydrogens is 298 g/mol. The molecule has 6 heteroatoms. The molecule has 6 nitrogen and oxygen atoms in total. The molecule has 0 unspecified atom stereocenters. The molecule has 2 rings (SSSR count). The van der Waals surface area contributed by atoms with E-state index < -0.39 is 0 Å². The molecule has 23 heavy (non-hydrogen) atoms. The normalized spacial score (nSPS) is 13.8. The maximum Gasteiger partial charge on any atom is 0.190 e. The van der Waals surface area contributed by atoms with E-state index in [4.69, 9.17) is 14.3 Å². The van der Waals surface area contributed by atoms with Crippen LogP contribution in [0.4, 0.5) is 0 Å². The number of rotatable bonds is 6. The van der Waals surface area contributed by atoms with Crippen LogP contribution < -0.4 is 9.47 Å². The molecule has 0 bridgehead atoms. The topological polar surface area (TPSA) is 74.2 Å². The van der Waals surface area contributed by atoms with Crippen molar-refractivity contribution in [2.45, 2.75) is 20.3 Å². The number of methoxy groups -OCH3 is 2. The first-order chi connectivity index (χ1) is 11.0. The molecule has 1 aliphatic rings. The van der Waals surface area contributed by atoms with Gasteiger partial charge in [0.25, 0.3) is 0 Å². The first-order valence-corrected chi connectivity index (χ1v) is 7.27. The van der Waals surface area contributed by atoms with E-state index >= 15 is 0 Å². The number of hydrogen-bond donors (Lipinski definition) is 0. The van der Waals surface area contributed by atoms with Crippen LogP contribution in [-0.2, 0) is 4.84 Å². The van der Waals surface area contributed by atoms with Crippen molar-refractivity contribution in [1.29, 1.82) is 0 Å². The molecule has 0 heterocycles. The van der Waals surface area contributed by atoms with Gasteiger partial charge in [-0.15, -0.1) is 0 Å². The molecule has 0 spiro atoms. The highest BCUT2D eigenvalue weighted by Gasteiger charge is 2.30. The van der Waals surface area contributed by atoms with Crippen molar-refractivity contribution in [2.24, 2.45) is 5.16 Å². The quantitative estimate of drug-likeness (QED) is 0.458. The van der Waals surface area contributed by atoms with E-state index in [9.17, 15) is 9.59 Å². The third kappa shape index (κ3) is 3.11. The fourth-order valence-corrected chi connectivity index (χ4v) is 2.36. The summed E-state index contributed by atoms with van der Waals surface area (Å²) in [5.74, 6) is 0.00499. The number of oxime groups is 1. The molecule has 0 radical (unpaired) electrons. The lowest BCUT2D eigenvalue weighted by Gasteiger charge is -2.19. The second-order valence-electron chi connectivity index (χ2n) is 4.98. The smallest absolute Gasteiger partial charge is 0.190 e. The zero-order chi connectivity index (χ0) is 17.0. The number of carbonyl (C=O) groups is 2. The Balaban J connectivity index is 2.66. The Kier molecular flexibility index (Phi) is 5.16. The highest BCUT2D eigenvalue weighted by atomic mass is 16.6. The van der Waals surface area contributed by atoms with Crippen LogP contribution in [0.3, 0.4) is 0 Å². The molecule has 0 saturated heterocycles. The zero-order valence-corrected chi connectivity index (χ0v) is 13.6. The Hall–Kier alpha value is -2.63. The molecule has 0 fully saturated rings. The molecular formula is C17H19NO5. The minimum Gasteiger partial charge on any atom is -0.496 e. The number of ketones is 2. The van der Waals surface area contributed by atoms with Crippen molar-refractivity contribution in [1.82, 2.24) is 0 Å². The van der Waals surface area contributed by atoms with Gasteiger partial charge in [-0.25, -0.2) is 0 Å². The maximum absolute atomic E-state index is 12.3. The summed E-state index contributed by atoms with van der Waals surface area (Å²) in [4.78, 5) is 29.6. The van der Waals surface area contributed by atoms with Crippen molar-refractivity contribution < 1.29 is 23.9 Å². The van der Waals surface area contributed by atoms with Gasteiger partial charge in [0.15, 0.2) is 11.6 Å². The molecule has 1 aromatic carbocycles.